The van der Waals surface area contributed by atoms with E-state index in [0.29, 0.717) is 5.69 Å². The Bertz CT molecular complexity index is 566. The maximum Gasteiger partial charge on any atom is 0.141 e. The smallest absolute Gasteiger partial charge is 0.141 e. The van der Waals surface area contributed by atoms with Gasteiger partial charge in [0.05, 0.1) is 12.8 Å². The first-order chi connectivity index (χ1) is 9.11. The molecule has 0 bridgehead atoms. The zero-order chi connectivity index (χ0) is 13.8. The van der Waals surface area contributed by atoms with Gasteiger partial charge in [0.25, 0.3) is 0 Å². The lowest BCUT2D eigenvalue weighted by Gasteiger charge is -2.21. The number of rotatable bonds is 4. The summed E-state index contributed by atoms with van der Waals surface area (Å²) in [5.74, 6) is 0.724. The maximum absolute atomic E-state index is 5.93. The van der Waals surface area contributed by atoms with E-state index < -0.39 is 0 Å². The van der Waals surface area contributed by atoms with Crippen molar-refractivity contribution in [1.82, 2.24) is 0 Å². The summed E-state index contributed by atoms with van der Waals surface area (Å²) >= 11 is 0. The maximum atomic E-state index is 5.93. The van der Waals surface area contributed by atoms with Gasteiger partial charge in [-0.05, 0) is 36.2 Å². The van der Waals surface area contributed by atoms with Gasteiger partial charge in [-0.15, -0.1) is 0 Å². The monoisotopic (exact) mass is 256 g/mol. The first-order valence-electron chi connectivity index (χ1n) is 6.31. The third-order valence-electron chi connectivity index (χ3n) is 3.24. The Morgan fingerprint density at radius 1 is 1.16 bits per heavy atom. The van der Waals surface area contributed by atoms with E-state index in [-0.39, 0.29) is 0 Å². The topological polar surface area (TPSA) is 38.5 Å². The molecule has 0 heterocycles. The third-order valence-corrected chi connectivity index (χ3v) is 3.24. The second-order valence-corrected chi connectivity index (χ2v) is 4.72. The van der Waals surface area contributed by atoms with E-state index >= 15 is 0 Å². The van der Waals surface area contributed by atoms with Crippen molar-refractivity contribution in [2.24, 2.45) is 0 Å². The zero-order valence-corrected chi connectivity index (χ0v) is 11.7. The van der Waals surface area contributed by atoms with Crippen LogP contribution in [-0.2, 0) is 6.54 Å². The van der Waals surface area contributed by atoms with Gasteiger partial charge in [0.1, 0.15) is 5.75 Å². The summed E-state index contributed by atoms with van der Waals surface area (Å²) < 4.78 is 5.17. The minimum absolute atomic E-state index is 0.679. The highest BCUT2D eigenvalue weighted by Gasteiger charge is 2.06. The molecule has 2 N–H and O–H groups in total. The highest BCUT2D eigenvalue weighted by Crippen LogP contribution is 2.24. The number of para-hydroxylation sites is 1. The van der Waals surface area contributed by atoms with Crippen LogP contribution in [0, 0.1) is 6.92 Å². The van der Waals surface area contributed by atoms with E-state index in [0.717, 1.165) is 12.3 Å². The SMILES string of the molecule is COc1ccc(CN(C)c2ccccc2C)cc1N. The molecule has 0 amide bonds. The average Bonchev–Trinajstić information content (AvgIpc) is 2.39. The van der Waals surface area contributed by atoms with Crippen LogP contribution in [0.2, 0.25) is 0 Å². The predicted molar refractivity (Wildman–Crippen MR) is 80.7 cm³/mol. The molecule has 0 aliphatic carbocycles. The van der Waals surface area contributed by atoms with Crippen molar-refractivity contribution in [3.05, 3.63) is 53.6 Å². The van der Waals surface area contributed by atoms with Crippen molar-refractivity contribution in [1.29, 1.82) is 0 Å². The van der Waals surface area contributed by atoms with Gasteiger partial charge >= 0.3 is 0 Å². The van der Waals surface area contributed by atoms with Gasteiger partial charge in [-0.1, -0.05) is 24.3 Å². The normalized spacial score (nSPS) is 10.3. The fraction of sp³-hybridized carbons (Fsp3) is 0.250. The molecule has 100 valence electrons. The Balaban J connectivity index is 2.17. The molecule has 0 aliphatic heterocycles. The van der Waals surface area contributed by atoms with Gasteiger partial charge in [-0.2, -0.15) is 0 Å². The van der Waals surface area contributed by atoms with E-state index in [1.165, 1.54) is 16.8 Å². The van der Waals surface area contributed by atoms with E-state index in [4.69, 9.17) is 10.5 Å². The fourth-order valence-corrected chi connectivity index (χ4v) is 2.23. The zero-order valence-electron chi connectivity index (χ0n) is 11.7. The van der Waals surface area contributed by atoms with E-state index in [1.807, 2.05) is 18.2 Å². The van der Waals surface area contributed by atoms with Crippen molar-refractivity contribution < 1.29 is 4.74 Å². The molecule has 0 unspecified atom stereocenters. The summed E-state index contributed by atoms with van der Waals surface area (Å²) in [6, 6.07) is 14.3. The number of nitrogens with two attached hydrogens (primary N) is 1. The number of hydrogen-bond donors (Lipinski definition) is 1. The Morgan fingerprint density at radius 3 is 2.53 bits per heavy atom. The van der Waals surface area contributed by atoms with E-state index in [9.17, 15) is 0 Å². The lowest BCUT2D eigenvalue weighted by atomic mass is 10.1. The molecule has 19 heavy (non-hydrogen) atoms. The van der Waals surface area contributed by atoms with Gasteiger partial charge < -0.3 is 15.4 Å². The Morgan fingerprint density at radius 2 is 1.89 bits per heavy atom. The molecule has 0 aromatic heterocycles. The largest absolute Gasteiger partial charge is 0.495 e. The molecule has 2 aromatic rings. The highest BCUT2D eigenvalue weighted by molar-refractivity contribution is 5.56. The number of anilines is 2. The van der Waals surface area contributed by atoms with E-state index in [2.05, 4.69) is 43.1 Å². The summed E-state index contributed by atoms with van der Waals surface area (Å²) in [5, 5.41) is 0. The number of aryl methyl sites for hydroxylation is 1. The second-order valence-electron chi connectivity index (χ2n) is 4.72. The van der Waals surface area contributed by atoms with Crippen LogP contribution in [0.3, 0.4) is 0 Å². The molecule has 3 nitrogen and oxygen atoms in total. The summed E-state index contributed by atoms with van der Waals surface area (Å²) in [4.78, 5) is 2.22. The molecule has 0 saturated carbocycles. The summed E-state index contributed by atoms with van der Waals surface area (Å²) in [7, 11) is 3.72. The second kappa shape index (κ2) is 5.65. The van der Waals surface area contributed by atoms with Crippen molar-refractivity contribution in [3.63, 3.8) is 0 Å². The first-order valence-corrected chi connectivity index (χ1v) is 6.31. The van der Waals surface area contributed by atoms with Crippen LogP contribution >= 0.6 is 0 Å². The minimum Gasteiger partial charge on any atom is -0.495 e. The molecule has 0 fully saturated rings. The third kappa shape index (κ3) is 2.99. The minimum atomic E-state index is 0.679. The molecule has 0 saturated heterocycles. The number of benzene rings is 2. The van der Waals surface area contributed by atoms with Gasteiger partial charge in [0.15, 0.2) is 0 Å². The standard InChI is InChI=1S/C16H20N2O/c1-12-6-4-5-7-15(12)18(2)11-13-8-9-16(19-3)14(17)10-13/h4-10H,11,17H2,1-3H3. The Labute approximate surface area is 114 Å². The van der Waals surface area contributed by atoms with Crippen LogP contribution < -0.4 is 15.4 Å². The molecule has 2 aromatic carbocycles. The highest BCUT2D eigenvalue weighted by atomic mass is 16.5. The van der Waals surface area contributed by atoms with Crippen molar-refractivity contribution in [2.45, 2.75) is 13.5 Å². The molecule has 0 atom stereocenters. The van der Waals surface area contributed by atoms with Crippen molar-refractivity contribution in [2.75, 3.05) is 24.8 Å². The van der Waals surface area contributed by atoms with Crippen LogP contribution in [-0.4, -0.2) is 14.2 Å². The Hall–Kier alpha value is -2.16. The van der Waals surface area contributed by atoms with Gasteiger partial charge in [0.2, 0.25) is 0 Å². The van der Waals surface area contributed by atoms with Gasteiger partial charge in [0, 0.05) is 19.3 Å². The van der Waals surface area contributed by atoms with Crippen LogP contribution in [0.4, 0.5) is 11.4 Å². The van der Waals surface area contributed by atoms with Gasteiger partial charge in [-0.25, -0.2) is 0 Å². The average molecular weight is 256 g/mol. The molecular formula is C16H20N2O. The molecule has 2 rings (SSSR count). The summed E-state index contributed by atoms with van der Waals surface area (Å²) in [6.07, 6.45) is 0. The molecule has 3 heteroatoms. The van der Waals surface area contributed by atoms with Crippen molar-refractivity contribution in [3.8, 4) is 5.75 Å². The number of methoxy groups -OCH3 is 1. The first kappa shape index (κ1) is 13.3. The van der Waals surface area contributed by atoms with Crippen molar-refractivity contribution >= 4 is 11.4 Å². The fourth-order valence-electron chi connectivity index (χ4n) is 2.23. The molecule has 0 radical (unpaired) electrons. The lowest BCUT2D eigenvalue weighted by Crippen LogP contribution is -2.17. The number of nitrogen functional groups attached to an aromatic ring is 1. The summed E-state index contributed by atoms with van der Waals surface area (Å²) in [5.41, 5.74) is 10.3. The molecular weight excluding hydrogens is 236 g/mol. The number of ether oxygens (including phenoxy) is 1. The lowest BCUT2D eigenvalue weighted by molar-refractivity contribution is 0.417. The quantitative estimate of drug-likeness (QED) is 0.854. The molecule has 0 spiro atoms. The van der Waals surface area contributed by atoms with E-state index in [1.54, 1.807) is 7.11 Å². The van der Waals surface area contributed by atoms with Gasteiger partial charge in [-0.3, -0.25) is 0 Å². The number of hydrogen-bond acceptors (Lipinski definition) is 3. The predicted octanol–water partition coefficient (Wildman–Crippen LogP) is 3.22. The van der Waals surface area contributed by atoms with Crippen LogP contribution in [0.1, 0.15) is 11.1 Å². The summed E-state index contributed by atoms with van der Waals surface area (Å²) in [6.45, 7) is 2.94. The Kier molecular flexibility index (Phi) is 3.95. The molecule has 0 aliphatic rings. The van der Waals surface area contributed by atoms with Crippen LogP contribution in [0.25, 0.3) is 0 Å². The van der Waals surface area contributed by atoms with Crippen LogP contribution in [0.15, 0.2) is 42.5 Å². The van der Waals surface area contributed by atoms with Crippen LogP contribution in [0.5, 0.6) is 5.75 Å². The number of nitrogens with zero attached hydrogens (tertiary/aromatic N) is 1.